The summed E-state index contributed by atoms with van der Waals surface area (Å²) in [6.45, 7) is 2.67. The Morgan fingerprint density at radius 1 is 1.48 bits per heavy atom. The predicted octanol–water partition coefficient (Wildman–Crippen LogP) is 1.69. The highest BCUT2D eigenvalue weighted by molar-refractivity contribution is 7.90. The number of hydrogen-bond acceptors (Lipinski definition) is 5. The van der Waals surface area contributed by atoms with E-state index < -0.39 is 32.3 Å². The second kappa shape index (κ2) is 5.86. The molecule has 8 nitrogen and oxygen atoms in total. The number of benzene rings is 1. The molecule has 2 N–H and O–H groups in total. The van der Waals surface area contributed by atoms with Crippen LogP contribution in [0.2, 0.25) is 0 Å². The Kier molecular flexibility index (Phi) is 4.33. The lowest BCUT2D eigenvalue weighted by Gasteiger charge is -2.30. The number of nitro benzene ring substituents is 1. The molecule has 0 radical (unpaired) electrons. The predicted molar refractivity (Wildman–Crippen MR) is 77.3 cm³/mol. The molecule has 0 saturated carbocycles. The summed E-state index contributed by atoms with van der Waals surface area (Å²) >= 11 is 0. The van der Waals surface area contributed by atoms with E-state index in [0.717, 1.165) is 18.9 Å². The van der Waals surface area contributed by atoms with Gasteiger partial charge < -0.3 is 5.11 Å². The fourth-order valence-corrected chi connectivity index (χ4v) is 3.76. The average Bonchev–Trinajstić information content (AvgIpc) is 2.40. The molecule has 0 spiro atoms. The first-order valence-electron chi connectivity index (χ1n) is 6.55. The molecule has 1 unspecified atom stereocenters. The third-order valence-electron chi connectivity index (χ3n) is 3.41. The SMILES string of the molecule is CC1CCCN(S(=O)(=O)Nc2c(O)cccc2[N+](=O)[O-])C1. The molecule has 1 aromatic carbocycles. The molecule has 1 heterocycles. The molecule has 2 rings (SSSR count). The van der Waals surface area contributed by atoms with Crippen molar-refractivity contribution < 1.29 is 18.4 Å². The highest BCUT2D eigenvalue weighted by Crippen LogP contribution is 2.34. The topological polar surface area (TPSA) is 113 Å². The fourth-order valence-electron chi connectivity index (χ4n) is 2.34. The third-order valence-corrected chi connectivity index (χ3v) is 4.88. The van der Waals surface area contributed by atoms with Gasteiger partial charge in [0.2, 0.25) is 0 Å². The van der Waals surface area contributed by atoms with Crippen LogP contribution in [-0.4, -0.2) is 35.8 Å². The lowest BCUT2D eigenvalue weighted by atomic mass is 10.0. The molecular formula is C12H17N3O5S. The van der Waals surface area contributed by atoms with E-state index >= 15 is 0 Å². The quantitative estimate of drug-likeness (QED) is 0.498. The number of nitro groups is 1. The molecule has 0 bridgehead atoms. The third kappa shape index (κ3) is 3.42. The number of nitrogens with one attached hydrogen (secondary N) is 1. The van der Waals surface area contributed by atoms with Crippen LogP contribution in [0.5, 0.6) is 5.75 Å². The molecule has 1 fully saturated rings. The largest absolute Gasteiger partial charge is 0.505 e. The summed E-state index contributed by atoms with van der Waals surface area (Å²) in [4.78, 5) is 10.2. The van der Waals surface area contributed by atoms with E-state index in [2.05, 4.69) is 4.72 Å². The van der Waals surface area contributed by atoms with Gasteiger partial charge in [-0.1, -0.05) is 13.0 Å². The Morgan fingerprint density at radius 2 is 2.19 bits per heavy atom. The number of anilines is 1. The number of phenols is 1. The van der Waals surface area contributed by atoms with Crippen molar-refractivity contribution in [2.75, 3.05) is 17.8 Å². The molecule has 1 aliphatic heterocycles. The molecule has 9 heteroatoms. The van der Waals surface area contributed by atoms with E-state index in [9.17, 15) is 23.6 Å². The fraction of sp³-hybridized carbons (Fsp3) is 0.500. The number of para-hydroxylation sites is 1. The minimum absolute atomic E-state index is 0.231. The second-order valence-corrected chi connectivity index (χ2v) is 6.81. The molecule has 1 aliphatic rings. The van der Waals surface area contributed by atoms with Gasteiger partial charge >= 0.3 is 10.2 Å². The monoisotopic (exact) mass is 315 g/mol. The van der Waals surface area contributed by atoms with Crippen LogP contribution in [0, 0.1) is 16.0 Å². The second-order valence-electron chi connectivity index (χ2n) is 5.14. The summed E-state index contributed by atoms with van der Waals surface area (Å²) in [6, 6.07) is 3.62. The van der Waals surface area contributed by atoms with Gasteiger partial charge in [-0.25, -0.2) is 0 Å². The van der Waals surface area contributed by atoms with Crippen LogP contribution in [0.3, 0.4) is 0 Å². The van der Waals surface area contributed by atoms with Crippen molar-refractivity contribution in [2.24, 2.45) is 5.92 Å². The Hall–Kier alpha value is -1.87. The zero-order valence-electron chi connectivity index (χ0n) is 11.5. The van der Waals surface area contributed by atoms with Gasteiger partial charge in [-0.05, 0) is 24.8 Å². The Morgan fingerprint density at radius 3 is 2.81 bits per heavy atom. The van der Waals surface area contributed by atoms with Crippen LogP contribution in [0.4, 0.5) is 11.4 Å². The number of hydrogen-bond donors (Lipinski definition) is 2. The summed E-state index contributed by atoms with van der Waals surface area (Å²) < 4.78 is 28.0. The van der Waals surface area contributed by atoms with Crippen molar-refractivity contribution >= 4 is 21.6 Å². The summed E-state index contributed by atoms with van der Waals surface area (Å²) in [7, 11) is -3.93. The lowest BCUT2D eigenvalue weighted by Crippen LogP contribution is -2.42. The minimum Gasteiger partial charge on any atom is -0.505 e. The van der Waals surface area contributed by atoms with E-state index in [-0.39, 0.29) is 5.92 Å². The number of phenolic OH excluding ortho intramolecular Hbond substituents is 1. The number of aromatic hydroxyl groups is 1. The molecular weight excluding hydrogens is 298 g/mol. The van der Waals surface area contributed by atoms with Crippen LogP contribution in [-0.2, 0) is 10.2 Å². The van der Waals surface area contributed by atoms with Crippen molar-refractivity contribution in [1.29, 1.82) is 0 Å². The van der Waals surface area contributed by atoms with Gasteiger partial charge in [0, 0.05) is 19.2 Å². The van der Waals surface area contributed by atoms with Crippen molar-refractivity contribution in [1.82, 2.24) is 4.31 Å². The van der Waals surface area contributed by atoms with Crippen molar-refractivity contribution in [3.63, 3.8) is 0 Å². The Bertz CT molecular complexity index is 646. The first-order valence-corrected chi connectivity index (χ1v) is 7.99. The maximum atomic E-state index is 12.3. The van der Waals surface area contributed by atoms with Gasteiger partial charge in [0.25, 0.3) is 5.69 Å². The minimum atomic E-state index is -3.93. The molecule has 1 aromatic rings. The van der Waals surface area contributed by atoms with Crippen molar-refractivity contribution in [2.45, 2.75) is 19.8 Å². The van der Waals surface area contributed by atoms with Crippen LogP contribution in [0.15, 0.2) is 18.2 Å². The Labute approximate surface area is 122 Å². The van der Waals surface area contributed by atoms with Crippen LogP contribution in [0.25, 0.3) is 0 Å². The zero-order valence-corrected chi connectivity index (χ0v) is 12.3. The van der Waals surface area contributed by atoms with Gasteiger partial charge in [0.05, 0.1) is 4.92 Å². The molecule has 1 saturated heterocycles. The summed E-state index contributed by atoms with van der Waals surface area (Å²) in [5, 5.41) is 20.6. The first kappa shape index (κ1) is 15.5. The maximum Gasteiger partial charge on any atom is 0.301 e. The lowest BCUT2D eigenvalue weighted by molar-refractivity contribution is -0.384. The van der Waals surface area contributed by atoms with Crippen molar-refractivity contribution in [3.8, 4) is 5.75 Å². The number of nitrogens with zero attached hydrogens (tertiary/aromatic N) is 2. The molecule has 0 amide bonds. The molecule has 21 heavy (non-hydrogen) atoms. The van der Waals surface area contributed by atoms with Gasteiger partial charge in [-0.15, -0.1) is 0 Å². The average molecular weight is 315 g/mol. The van der Waals surface area contributed by atoms with E-state index in [0.29, 0.717) is 13.1 Å². The van der Waals surface area contributed by atoms with Gasteiger partial charge in [-0.3, -0.25) is 14.8 Å². The van der Waals surface area contributed by atoms with Crippen molar-refractivity contribution in [3.05, 3.63) is 28.3 Å². The van der Waals surface area contributed by atoms with Crippen LogP contribution in [0.1, 0.15) is 19.8 Å². The Balaban J connectivity index is 2.30. The van der Waals surface area contributed by atoms with E-state index in [1.165, 1.54) is 16.4 Å². The number of piperidine rings is 1. The normalized spacial score (nSPS) is 20.1. The smallest absolute Gasteiger partial charge is 0.301 e. The standard InChI is InChI=1S/C12H17N3O5S/c1-9-4-3-7-14(8-9)21(19,20)13-12-10(15(17)18)5-2-6-11(12)16/h2,5-6,9,13,16H,3-4,7-8H2,1H3. The van der Waals surface area contributed by atoms with Gasteiger partial charge in [-0.2, -0.15) is 12.7 Å². The van der Waals surface area contributed by atoms with E-state index in [4.69, 9.17) is 0 Å². The number of rotatable bonds is 4. The van der Waals surface area contributed by atoms with Gasteiger partial charge in [0.15, 0.2) is 5.69 Å². The maximum absolute atomic E-state index is 12.3. The summed E-state index contributed by atoms with van der Waals surface area (Å²) in [6.07, 6.45) is 1.69. The first-order chi connectivity index (χ1) is 9.81. The van der Waals surface area contributed by atoms with Gasteiger partial charge in [0.1, 0.15) is 5.75 Å². The summed E-state index contributed by atoms with van der Waals surface area (Å²) in [5.41, 5.74) is -0.885. The van der Waals surface area contributed by atoms with Crippen LogP contribution < -0.4 is 4.72 Å². The van der Waals surface area contributed by atoms with E-state index in [1.807, 2.05) is 6.92 Å². The molecule has 0 aromatic heterocycles. The zero-order chi connectivity index (χ0) is 15.6. The summed E-state index contributed by atoms with van der Waals surface area (Å²) in [5.74, 6) is -0.243. The highest BCUT2D eigenvalue weighted by Gasteiger charge is 2.30. The van der Waals surface area contributed by atoms with Crippen LogP contribution >= 0.6 is 0 Å². The van der Waals surface area contributed by atoms with E-state index in [1.54, 1.807) is 0 Å². The highest BCUT2D eigenvalue weighted by atomic mass is 32.2. The molecule has 1 atom stereocenters. The molecule has 0 aliphatic carbocycles. The molecule has 116 valence electrons.